The molecule has 1 aliphatic heterocycles. The first-order valence-corrected chi connectivity index (χ1v) is 6.33. The lowest BCUT2D eigenvalue weighted by Crippen LogP contribution is -2.39. The summed E-state index contributed by atoms with van der Waals surface area (Å²) >= 11 is 0. The number of rotatable bonds is 2. The topological polar surface area (TPSA) is 70.2 Å². The summed E-state index contributed by atoms with van der Waals surface area (Å²) in [5, 5.41) is 19.9. The molecule has 0 atom stereocenters. The highest BCUT2D eigenvalue weighted by Crippen LogP contribution is 2.37. The minimum atomic E-state index is -4.23. The number of nitro benzene ring substituents is 1. The fourth-order valence-corrected chi connectivity index (χ4v) is 2.45. The summed E-state index contributed by atoms with van der Waals surface area (Å²) in [5.41, 5.74) is 0.257. The third-order valence-electron chi connectivity index (χ3n) is 3.60. The van der Waals surface area contributed by atoms with Crippen molar-refractivity contribution in [2.24, 2.45) is 5.92 Å². The number of nitrogens with zero attached hydrogens (tertiary/aromatic N) is 3. The van der Waals surface area contributed by atoms with Crippen LogP contribution in [0.15, 0.2) is 18.2 Å². The van der Waals surface area contributed by atoms with Crippen molar-refractivity contribution in [1.82, 2.24) is 0 Å². The van der Waals surface area contributed by atoms with Gasteiger partial charge in [-0.05, 0) is 25.0 Å². The number of alkyl halides is 3. The van der Waals surface area contributed by atoms with Crippen LogP contribution in [0, 0.1) is 27.4 Å². The van der Waals surface area contributed by atoms with E-state index in [1.54, 1.807) is 4.90 Å². The quantitative estimate of drug-likeness (QED) is 0.621. The first kappa shape index (κ1) is 15.1. The number of piperidine rings is 1. The van der Waals surface area contributed by atoms with Gasteiger partial charge in [-0.3, -0.25) is 10.1 Å². The Bertz CT molecular complexity index is 587. The van der Waals surface area contributed by atoms with Crippen molar-refractivity contribution >= 4 is 11.4 Å². The number of benzene rings is 1. The highest BCUT2D eigenvalue weighted by molar-refractivity contribution is 5.66. The molecule has 0 spiro atoms. The molecule has 0 N–H and O–H groups in total. The van der Waals surface area contributed by atoms with E-state index in [0.717, 1.165) is 0 Å². The molecule has 1 aromatic rings. The van der Waals surface area contributed by atoms with Gasteiger partial charge in [0, 0.05) is 19.2 Å². The van der Waals surface area contributed by atoms with Crippen molar-refractivity contribution in [3.8, 4) is 6.07 Å². The molecule has 5 nitrogen and oxygen atoms in total. The molecule has 0 saturated carbocycles. The van der Waals surface area contributed by atoms with Crippen molar-refractivity contribution in [1.29, 1.82) is 5.26 Å². The van der Waals surface area contributed by atoms with E-state index in [2.05, 4.69) is 0 Å². The molecule has 1 aromatic carbocycles. The SMILES string of the molecule is N#Cc1ccc([N+](=O)[O-])c(N2CCC(C(F)(F)F)CC2)c1. The van der Waals surface area contributed by atoms with Gasteiger partial charge in [0.05, 0.1) is 22.5 Å². The molecule has 21 heavy (non-hydrogen) atoms. The average Bonchev–Trinajstić information content (AvgIpc) is 2.45. The predicted molar refractivity (Wildman–Crippen MR) is 68.8 cm³/mol. The Labute approximate surface area is 118 Å². The van der Waals surface area contributed by atoms with Crippen LogP contribution in [0.2, 0.25) is 0 Å². The van der Waals surface area contributed by atoms with Gasteiger partial charge in [0.1, 0.15) is 5.69 Å². The van der Waals surface area contributed by atoms with Crippen molar-refractivity contribution in [2.75, 3.05) is 18.0 Å². The maximum atomic E-state index is 12.6. The van der Waals surface area contributed by atoms with Gasteiger partial charge in [-0.15, -0.1) is 0 Å². The Kier molecular flexibility index (Phi) is 4.02. The largest absolute Gasteiger partial charge is 0.391 e. The van der Waals surface area contributed by atoms with Crippen LogP contribution in [0.1, 0.15) is 18.4 Å². The molecule has 1 heterocycles. The third kappa shape index (κ3) is 3.24. The summed E-state index contributed by atoms with van der Waals surface area (Å²) in [6.07, 6.45) is -4.43. The second-order valence-electron chi connectivity index (χ2n) is 4.88. The minimum Gasteiger partial charge on any atom is -0.366 e. The van der Waals surface area contributed by atoms with Gasteiger partial charge >= 0.3 is 6.18 Å². The van der Waals surface area contributed by atoms with E-state index in [9.17, 15) is 23.3 Å². The lowest BCUT2D eigenvalue weighted by atomic mass is 9.95. The lowest BCUT2D eigenvalue weighted by molar-refractivity contribution is -0.384. The molecule has 1 fully saturated rings. The van der Waals surface area contributed by atoms with Crippen molar-refractivity contribution in [2.45, 2.75) is 19.0 Å². The first-order valence-electron chi connectivity index (χ1n) is 6.33. The van der Waals surface area contributed by atoms with Gasteiger partial charge < -0.3 is 4.90 Å². The van der Waals surface area contributed by atoms with Crippen LogP contribution in [-0.2, 0) is 0 Å². The van der Waals surface area contributed by atoms with E-state index in [1.807, 2.05) is 6.07 Å². The molecule has 0 bridgehead atoms. The Morgan fingerprint density at radius 2 is 1.95 bits per heavy atom. The molecular weight excluding hydrogens is 287 g/mol. The molecule has 8 heteroatoms. The second-order valence-corrected chi connectivity index (χ2v) is 4.88. The average molecular weight is 299 g/mol. The summed E-state index contributed by atoms with van der Waals surface area (Å²) in [7, 11) is 0. The Morgan fingerprint density at radius 1 is 1.33 bits per heavy atom. The molecule has 1 aliphatic rings. The number of nitriles is 1. The molecule has 112 valence electrons. The van der Waals surface area contributed by atoms with Crippen LogP contribution >= 0.6 is 0 Å². The van der Waals surface area contributed by atoms with Crippen molar-refractivity contribution in [3.05, 3.63) is 33.9 Å². The number of hydrogen-bond acceptors (Lipinski definition) is 4. The standard InChI is InChI=1S/C13H12F3N3O2/c14-13(15,16)10-3-5-18(6-4-10)12-7-9(8-17)1-2-11(12)19(20)21/h1-2,7,10H,3-6H2. The van der Waals surface area contributed by atoms with Crippen LogP contribution < -0.4 is 4.90 Å². The molecule has 0 amide bonds. The zero-order valence-corrected chi connectivity index (χ0v) is 10.9. The molecular formula is C13H12F3N3O2. The molecule has 2 rings (SSSR count). The Balaban J connectivity index is 2.23. The molecule has 0 aromatic heterocycles. The minimum absolute atomic E-state index is 0.0832. The molecule has 0 radical (unpaired) electrons. The van der Waals surface area contributed by atoms with Gasteiger partial charge in [-0.25, -0.2) is 0 Å². The van der Waals surface area contributed by atoms with E-state index in [1.165, 1.54) is 18.2 Å². The summed E-state index contributed by atoms with van der Waals surface area (Å²) < 4.78 is 37.9. The monoisotopic (exact) mass is 299 g/mol. The zero-order valence-electron chi connectivity index (χ0n) is 10.9. The van der Waals surface area contributed by atoms with Gasteiger partial charge in [0.15, 0.2) is 0 Å². The highest BCUT2D eigenvalue weighted by atomic mass is 19.4. The summed E-state index contributed by atoms with van der Waals surface area (Å²) in [6.45, 7) is 0.166. The van der Waals surface area contributed by atoms with E-state index >= 15 is 0 Å². The Hall–Kier alpha value is -2.30. The van der Waals surface area contributed by atoms with Crippen LogP contribution in [0.4, 0.5) is 24.5 Å². The molecule has 0 aliphatic carbocycles. The molecule has 1 saturated heterocycles. The van der Waals surface area contributed by atoms with Crippen molar-refractivity contribution < 1.29 is 18.1 Å². The molecule has 0 unspecified atom stereocenters. The first-order chi connectivity index (χ1) is 9.82. The maximum Gasteiger partial charge on any atom is 0.391 e. The lowest BCUT2D eigenvalue weighted by Gasteiger charge is -2.34. The Morgan fingerprint density at radius 3 is 2.43 bits per heavy atom. The number of anilines is 1. The van der Waals surface area contributed by atoms with Gasteiger partial charge in [0.25, 0.3) is 5.69 Å². The summed E-state index contributed by atoms with van der Waals surface area (Å²) in [6, 6.07) is 5.77. The fourth-order valence-electron chi connectivity index (χ4n) is 2.45. The highest BCUT2D eigenvalue weighted by Gasteiger charge is 2.41. The summed E-state index contributed by atoms with van der Waals surface area (Å²) in [5.74, 6) is -1.37. The van der Waals surface area contributed by atoms with E-state index in [-0.39, 0.29) is 42.9 Å². The zero-order chi connectivity index (χ0) is 15.6. The van der Waals surface area contributed by atoms with E-state index < -0.39 is 17.0 Å². The summed E-state index contributed by atoms with van der Waals surface area (Å²) in [4.78, 5) is 12.0. The normalized spacial score (nSPS) is 16.6. The van der Waals surface area contributed by atoms with E-state index in [0.29, 0.717) is 0 Å². The van der Waals surface area contributed by atoms with Crippen LogP contribution in [0.5, 0.6) is 0 Å². The van der Waals surface area contributed by atoms with Crippen LogP contribution in [-0.4, -0.2) is 24.2 Å². The van der Waals surface area contributed by atoms with Crippen molar-refractivity contribution in [3.63, 3.8) is 0 Å². The van der Waals surface area contributed by atoms with Gasteiger partial charge in [-0.2, -0.15) is 18.4 Å². The number of halogens is 3. The second kappa shape index (κ2) is 5.60. The number of hydrogen-bond donors (Lipinski definition) is 0. The third-order valence-corrected chi connectivity index (χ3v) is 3.60. The maximum absolute atomic E-state index is 12.6. The van der Waals surface area contributed by atoms with Crippen LogP contribution in [0.3, 0.4) is 0 Å². The number of nitro groups is 1. The van der Waals surface area contributed by atoms with Crippen LogP contribution in [0.25, 0.3) is 0 Å². The van der Waals surface area contributed by atoms with E-state index in [4.69, 9.17) is 5.26 Å². The fraction of sp³-hybridized carbons (Fsp3) is 0.462. The van der Waals surface area contributed by atoms with Gasteiger partial charge in [0.2, 0.25) is 0 Å². The van der Waals surface area contributed by atoms with Gasteiger partial charge in [-0.1, -0.05) is 0 Å². The smallest absolute Gasteiger partial charge is 0.366 e. The predicted octanol–water partition coefficient (Wildman–Crippen LogP) is 3.25.